The zero-order valence-corrected chi connectivity index (χ0v) is 17.3. The van der Waals surface area contributed by atoms with E-state index >= 15 is 4.39 Å². The molecule has 2 N–H and O–H groups in total. The van der Waals surface area contributed by atoms with Gasteiger partial charge in [-0.1, -0.05) is 11.6 Å². The van der Waals surface area contributed by atoms with Crippen LogP contribution in [0.15, 0.2) is 24.4 Å². The number of piperidine rings is 1. The minimum Gasteiger partial charge on any atom is -0.397 e. The van der Waals surface area contributed by atoms with Gasteiger partial charge in [-0.15, -0.1) is 0 Å². The number of benzene rings is 1. The van der Waals surface area contributed by atoms with E-state index in [1.807, 2.05) is 0 Å². The van der Waals surface area contributed by atoms with Gasteiger partial charge in [0.2, 0.25) is 0 Å². The van der Waals surface area contributed by atoms with Crippen LogP contribution in [0.4, 0.5) is 10.1 Å². The molecule has 3 heterocycles. The standard InChI is InChI=1S/C22H27ClFN3O2/c23-18-12-17(21-16(20(18)25)2-1-8-26-21)19(28)3-5-22(24)6-9-27(10-7-22)13-15-4-11-29-14-15/h1-2,8,12,15H,3-7,9-11,13-14,25H2. The molecular formula is C22H27ClFN3O2. The van der Waals surface area contributed by atoms with Gasteiger partial charge in [-0.25, -0.2) is 4.39 Å². The summed E-state index contributed by atoms with van der Waals surface area (Å²) < 4.78 is 20.8. The number of alkyl halides is 1. The minimum atomic E-state index is -1.29. The summed E-state index contributed by atoms with van der Waals surface area (Å²) in [5.41, 5.74) is 6.08. The number of nitrogens with zero attached hydrogens (tertiary/aromatic N) is 2. The molecule has 4 rings (SSSR count). The fourth-order valence-corrected chi connectivity index (χ4v) is 4.61. The second-order valence-corrected chi connectivity index (χ2v) is 8.73. The van der Waals surface area contributed by atoms with Gasteiger partial charge in [0, 0.05) is 49.8 Å². The van der Waals surface area contributed by atoms with Gasteiger partial charge in [0.1, 0.15) is 5.67 Å². The summed E-state index contributed by atoms with van der Waals surface area (Å²) in [7, 11) is 0. The lowest BCUT2D eigenvalue weighted by molar-refractivity contribution is 0.0408. The highest BCUT2D eigenvalue weighted by atomic mass is 35.5. The predicted octanol–water partition coefficient (Wildman–Crippen LogP) is 4.27. The van der Waals surface area contributed by atoms with E-state index in [1.165, 1.54) is 0 Å². The summed E-state index contributed by atoms with van der Waals surface area (Å²) in [5, 5.41) is 0.982. The number of Topliss-reactive ketones (excluding diaryl/α,β-unsaturated/α-hetero) is 1. The molecule has 0 aliphatic carbocycles. The highest BCUT2D eigenvalue weighted by Gasteiger charge is 2.35. The molecule has 5 nitrogen and oxygen atoms in total. The number of halogens is 2. The first-order chi connectivity index (χ1) is 14.0. The van der Waals surface area contributed by atoms with E-state index in [-0.39, 0.29) is 18.6 Å². The second kappa shape index (κ2) is 8.54. The molecule has 2 aliphatic heterocycles. The predicted molar refractivity (Wildman–Crippen MR) is 113 cm³/mol. The van der Waals surface area contributed by atoms with Crippen LogP contribution in [0.5, 0.6) is 0 Å². The van der Waals surface area contributed by atoms with Gasteiger partial charge in [0.05, 0.1) is 22.8 Å². The van der Waals surface area contributed by atoms with E-state index in [2.05, 4.69) is 9.88 Å². The van der Waals surface area contributed by atoms with Crippen molar-refractivity contribution in [2.24, 2.45) is 5.92 Å². The lowest BCUT2D eigenvalue weighted by Gasteiger charge is -2.37. The molecule has 1 atom stereocenters. The van der Waals surface area contributed by atoms with Gasteiger partial charge in [-0.3, -0.25) is 9.78 Å². The summed E-state index contributed by atoms with van der Waals surface area (Å²) in [6.45, 7) is 4.11. The Bertz CT molecular complexity index is 893. The summed E-state index contributed by atoms with van der Waals surface area (Å²) in [4.78, 5) is 19.5. The molecule has 2 fully saturated rings. The Morgan fingerprint density at radius 3 is 2.93 bits per heavy atom. The zero-order chi connectivity index (χ0) is 20.4. The highest BCUT2D eigenvalue weighted by molar-refractivity contribution is 6.35. The number of carbonyl (C=O) groups is 1. The first-order valence-electron chi connectivity index (χ1n) is 10.3. The Morgan fingerprint density at radius 2 is 2.21 bits per heavy atom. The molecule has 0 bridgehead atoms. The second-order valence-electron chi connectivity index (χ2n) is 8.32. The number of ketones is 1. The van der Waals surface area contributed by atoms with Crippen LogP contribution in [-0.4, -0.2) is 54.2 Å². The molecule has 7 heteroatoms. The first-order valence-corrected chi connectivity index (χ1v) is 10.7. The van der Waals surface area contributed by atoms with Crippen molar-refractivity contribution in [1.29, 1.82) is 0 Å². The Labute approximate surface area is 175 Å². The van der Waals surface area contributed by atoms with E-state index in [0.29, 0.717) is 45.9 Å². The molecule has 0 spiro atoms. The molecule has 0 saturated carbocycles. The van der Waals surface area contributed by atoms with Crippen LogP contribution in [0.3, 0.4) is 0 Å². The third-order valence-electron chi connectivity index (χ3n) is 6.27. The van der Waals surface area contributed by atoms with Crippen molar-refractivity contribution in [2.75, 3.05) is 38.6 Å². The van der Waals surface area contributed by atoms with Crippen LogP contribution in [0, 0.1) is 5.92 Å². The number of rotatable bonds is 6. The maximum absolute atomic E-state index is 15.3. The van der Waals surface area contributed by atoms with Gasteiger partial charge in [0.15, 0.2) is 5.78 Å². The van der Waals surface area contributed by atoms with Crippen LogP contribution in [0.1, 0.15) is 42.5 Å². The average molecular weight is 420 g/mol. The number of ether oxygens (including phenoxy) is 1. The van der Waals surface area contributed by atoms with Gasteiger partial charge in [0.25, 0.3) is 0 Å². The molecule has 29 heavy (non-hydrogen) atoms. The average Bonchev–Trinajstić information content (AvgIpc) is 3.24. The van der Waals surface area contributed by atoms with Crippen LogP contribution >= 0.6 is 11.6 Å². The molecule has 156 valence electrons. The number of nitrogens with two attached hydrogens (primary N) is 1. The number of aromatic nitrogens is 1. The molecule has 1 unspecified atom stereocenters. The van der Waals surface area contributed by atoms with E-state index < -0.39 is 5.67 Å². The number of hydrogen-bond donors (Lipinski definition) is 1. The van der Waals surface area contributed by atoms with Crippen molar-refractivity contribution in [3.05, 3.63) is 35.0 Å². The summed E-state index contributed by atoms with van der Waals surface area (Å²) >= 11 is 6.21. The van der Waals surface area contributed by atoms with Gasteiger partial charge in [-0.05, 0) is 49.8 Å². The number of fused-ring (bicyclic) bond motifs is 1. The van der Waals surface area contributed by atoms with Crippen LogP contribution in [-0.2, 0) is 4.74 Å². The highest BCUT2D eigenvalue weighted by Crippen LogP contribution is 2.35. The Balaban J connectivity index is 1.37. The third-order valence-corrected chi connectivity index (χ3v) is 6.59. The monoisotopic (exact) mass is 419 g/mol. The van der Waals surface area contributed by atoms with E-state index in [1.54, 1.807) is 24.4 Å². The Morgan fingerprint density at radius 1 is 1.41 bits per heavy atom. The molecule has 1 aromatic carbocycles. The SMILES string of the molecule is Nc1c(Cl)cc(C(=O)CCC2(F)CCN(CC3CCOC3)CC2)c2ncccc12. The number of pyridine rings is 1. The number of likely N-dealkylation sites (tertiary alicyclic amines) is 1. The Kier molecular flexibility index (Phi) is 6.04. The molecule has 1 aromatic heterocycles. The fourth-order valence-electron chi connectivity index (χ4n) is 4.40. The van der Waals surface area contributed by atoms with Crippen molar-refractivity contribution in [1.82, 2.24) is 9.88 Å². The number of anilines is 1. The number of hydrogen-bond acceptors (Lipinski definition) is 5. The van der Waals surface area contributed by atoms with Crippen molar-refractivity contribution < 1.29 is 13.9 Å². The smallest absolute Gasteiger partial charge is 0.165 e. The van der Waals surface area contributed by atoms with E-state index in [0.717, 1.165) is 39.3 Å². The fraction of sp³-hybridized carbons (Fsp3) is 0.545. The van der Waals surface area contributed by atoms with Crippen molar-refractivity contribution in [3.8, 4) is 0 Å². The lowest BCUT2D eigenvalue weighted by atomic mass is 9.86. The maximum Gasteiger partial charge on any atom is 0.165 e. The van der Waals surface area contributed by atoms with Crippen LogP contribution < -0.4 is 5.73 Å². The molecular weight excluding hydrogens is 393 g/mol. The normalized spacial score (nSPS) is 22.2. The topological polar surface area (TPSA) is 68.5 Å². The molecule has 2 aliphatic rings. The quantitative estimate of drug-likeness (QED) is 0.559. The molecule has 0 radical (unpaired) electrons. The van der Waals surface area contributed by atoms with Gasteiger partial charge in [-0.2, -0.15) is 0 Å². The molecule has 0 amide bonds. The summed E-state index contributed by atoms with van der Waals surface area (Å²) in [6.07, 6.45) is 4.01. The van der Waals surface area contributed by atoms with Crippen LogP contribution in [0.2, 0.25) is 5.02 Å². The van der Waals surface area contributed by atoms with E-state index in [9.17, 15) is 4.79 Å². The summed E-state index contributed by atoms with van der Waals surface area (Å²) in [5.74, 6) is 0.429. The molecule has 2 saturated heterocycles. The Hall–Kier alpha value is -1.76. The van der Waals surface area contributed by atoms with Crippen molar-refractivity contribution in [2.45, 2.75) is 37.8 Å². The van der Waals surface area contributed by atoms with Gasteiger partial charge >= 0.3 is 0 Å². The van der Waals surface area contributed by atoms with Crippen molar-refractivity contribution in [3.63, 3.8) is 0 Å². The van der Waals surface area contributed by atoms with Crippen molar-refractivity contribution >= 4 is 34.0 Å². The number of carbonyl (C=O) groups excluding carboxylic acids is 1. The number of nitrogen functional groups attached to an aromatic ring is 1. The van der Waals surface area contributed by atoms with Gasteiger partial charge < -0.3 is 15.4 Å². The maximum atomic E-state index is 15.3. The van der Waals surface area contributed by atoms with Crippen LogP contribution in [0.25, 0.3) is 10.9 Å². The largest absolute Gasteiger partial charge is 0.397 e. The molecule has 2 aromatic rings. The zero-order valence-electron chi connectivity index (χ0n) is 16.5. The summed E-state index contributed by atoms with van der Waals surface area (Å²) in [6, 6.07) is 5.11. The van der Waals surface area contributed by atoms with E-state index in [4.69, 9.17) is 22.1 Å². The third kappa shape index (κ3) is 4.55. The minimum absolute atomic E-state index is 0.138. The lowest BCUT2D eigenvalue weighted by Crippen LogP contribution is -2.43. The first kappa shape index (κ1) is 20.5.